The molecule has 0 bridgehead atoms. The Balaban J connectivity index is 4.40. The van der Waals surface area contributed by atoms with E-state index in [4.69, 9.17) is 14.2 Å². The molecule has 1 unspecified atom stereocenters. The molecule has 1 atom stereocenters. The van der Waals surface area contributed by atoms with Gasteiger partial charge in [-0.05, 0) is 128 Å². The van der Waals surface area contributed by atoms with Gasteiger partial charge in [-0.2, -0.15) is 0 Å². The first kappa shape index (κ1) is 64.3. The molecule has 0 fully saturated rings. The van der Waals surface area contributed by atoms with Crippen LogP contribution in [0.2, 0.25) is 0 Å². The highest BCUT2D eigenvalue weighted by atomic mass is 16.6. The molecule has 0 heterocycles. The number of allylic oxidation sites excluding steroid dienone is 20. The lowest BCUT2D eigenvalue weighted by molar-refractivity contribution is -0.163. The molecule has 5 nitrogen and oxygen atoms in total. The first-order valence-corrected chi connectivity index (χ1v) is 28.1. The zero-order valence-corrected chi connectivity index (χ0v) is 44.3. The molecule has 0 aliphatic rings. The van der Waals surface area contributed by atoms with Gasteiger partial charge in [0.25, 0.3) is 0 Å². The summed E-state index contributed by atoms with van der Waals surface area (Å²) in [5, 5.41) is 0. The van der Waals surface area contributed by atoms with Crippen LogP contribution in [0.3, 0.4) is 0 Å². The fourth-order valence-corrected chi connectivity index (χ4v) is 7.34. The van der Waals surface area contributed by atoms with Crippen LogP contribution in [0.25, 0.3) is 0 Å². The smallest absolute Gasteiger partial charge is 0.306 e. The number of carbonyl (C=O) groups excluding carboxylic acids is 2. The van der Waals surface area contributed by atoms with E-state index in [-0.39, 0.29) is 25.2 Å². The highest BCUT2D eigenvalue weighted by Gasteiger charge is 2.17. The van der Waals surface area contributed by atoms with Gasteiger partial charge >= 0.3 is 11.9 Å². The molecular weight excluding hydrogens is 837 g/mol. The molecule has 0 saturated heterocycles. The van der Waals surface area contributed by atoms with Crippen LogP contribution < -0.4 is 0 Å². The van der Waals surface area contributed by atoms with Gasteiger partial charge in [0.1, 0.15) is 6.61 Å². The van der Waals surface area contributed by atoms with E-state index in [9.17, 15) is 9.59 Å². The van der Waals surface area contributed by atoms with Gasteiger partial charge in [0.15, 0.2) is 6.10 Å². The van der Waals surface area contributed by atoms with Gasteiger partial charge in [0.05, 0.1) is 6.61 Å². The molecule has 68 heavy (non-hydrogen) atoms. The van der Waals surface area contributed by atoms with Crippen molar-refractivity contribution in [2.45, 2.75) is 245 Å². The number of ether oxygens (including phenoxy) is 3. The second kappa shape index (κ2) is 57.6. The molecule has 0 spiro atoms. The predicted molar refractivity (Wildman–Crippen MR) is 297 cm³/mol. The fraction of sp³-hybridized carbons (Fsp3) is 0.651. The molecule has 0 aromatic heterocycles. The van der Waals surface area contributed by atoms with Crippen LogP contribution in [0.5, 0.6) is 0 Å². The molecule has 0 aliphatic carbocycles. The van der Waals surface area contributed by atoms with E-state index in [0.29, 0.717) is 19.4 Å². The molecule has 0 saturated carbocycles. The zero-order valence-electron chi connectivity index (χ0n) is 44.3. The van der Waals surface area contributed by atoms with Gasteiger partial charge in [0, 0.05) is 19.4 Å². The van der Waals surface area contributed by atoms with Gasteiger partial charge in [0.2, 0.25) is 0 Å². The van der Waals surface area contributed by atoms with Gasteiger partial charge in [-0.25, -0.2) is 0 Å². The molecule has 0 radical (unpaired) electrons. The van der Waals surface area contributed by atoms with Crippen molar-refractivity contribution in [2.24, 2.45) is 0 Å². The van der Waals surface area contributed by atoms with Crippen molar-refractivity contribution in [3.8, 4) is 0 Å². The number of rotatable bonds is 50. The molecule has 0 aliphatic heterocycles. The van der Waals surface area contributed by atoms with E-state index in [0.717, 1.165) is 135 Å². The van der Waals surface area contributed by atoms with Crippen molar-refractivity contribution < 1.29 is 23.8 Å². The maximum absolute atomic E-state index is 12.9. The van der Waals surface area contributed by atoms with Crippen molar-refractivity contribution in [3.63, 3.8) is 0 Å². The molecule has 0 aromatic rings. The van der Waals surface area contributed by atoms with Crippen LogP contribution >= 0.6 is 0 Å². The van der Waals surface area contributed by atoms with Crippen molar-refractivity contribution >= 4 is 11.9 Å². The van der Waals surface area contributed by atoms with Crippen LogP contribution in [0.1, 0.15) is 239 Å². The van der Waals surface area contributed by atoms with Crippen LogP contribution in [-0.2, 0) is 23.8 Å². The Labute approximate surface area is 420 Å². The van der Waals surface area contributed by atoms with Crippen molar-refractivity contribution in [1.82, 2.24) is 0 Å². The molecule has 386 valence electrons. The molecule has 5 heteroatoms. The third kappa shape index (κ3) is 54.9. The Morgan fingerprint density at radius 3 is 1.06 bits per heavy atom. The predicted octanol–water partition coefficient (Wildman–Crippen LogP) is 19.3. The first-order chi connectivity index (χ1) is 33.6. The standard InChI is InChI=1S/C63H104O5/c1-4-7-10-13-16-19-22-25-28-31-34-37-40-43-46-49-52-55-58-66-59-61(68-63(65)57-54-51-48-45-42-39-36-33-30-27-24-21-18-15-12-9-6-3)60-67-62(64)56-53-50-47-44-41-38-35-32-29-26-23-20-17-14-11-8-5-2/h8-9,11-12,16-21,25-30,35-36,38-39,61H,4-7,10,13-15,22-24,31-34,37,40-60H2,1-3H3/b11-8-,12-9-,19-16-,20-17-,21-18-,28-25-,29-26-,30-27-,38-35-,39-36-. The minimum Gasteiger partial charge on any atom is -0.462 e. The third-order valence-corrected chi connectivity index (χ3v) is 11.5. The largest absolute Gasteiger partial charge is 0.462 e. The van der Waals surface area contributed by atoms with Crippen molar-refractivity contribution in [1.29, 1.82) is 0 Å². The second-order valence-electron chi connectivity index (χ2n) is 18.1. The summed E-state index contributed by atoms with van der Waals surface area (Å²) in [6, 6.07) is 0. The molecular formula is C63H104O5. The SMILES string of the molecule is CC/C=C\C/C=C\C/C=C\C/C=C\CCCCCCC(=O)OCC(COCCCCCCCCCC/C=C\C/C=C\CCCCC)OC(=O)CCCCCC/C=C\C/C=C\C/C=C\C/C=C\CC. The van der Waals surface area contributed by atoms with Crippen LogP contribution in [0, 0.1) is 0 Å². The highest BCUT2D eigenvalue weighted by molar-refractivity contribution is 5.70. The maximum Gasteiger partial charge on any atom is 0.306 e. The Bertz CT molecular complexity index is 1390. The summed E-state index contributed by atoms with van der Waals surface area (Å²) in [6.45, 7) is 7.51. The number of hydrogen-bond acceptors (Lipinski definition) is 5. The third-order valence-electron chi connectivity index (χ3n) is 11.5. The minimum absolute atomic E-state index is 0.0528. The van der Waals surface area contributed by atoms with Gasteiger partial charge in [-0.15, -0.1) is 0 Å². The Morgan fingerprint density at radius 1 is 0.338 bits per heavy atom. The van der Waals surface area contributed by atoms with E-state index in [1.807, 2.05) is 0 Å². The average Bonchev–Trinajstić information content (AvgIpc) is 3.34. The summed E-state index contributed by atoms with van der Waals surface area (Å²) in [6.07, 6.45) is 80.7. The Morgan fingerprint density at radius 2 is 0.662 bits per heavy atom. The normalized spacial score (nSPS) is 13.2. The van der Waals surface area contributed by atoms with E-state index in [1.165, 1.54) is 70.6 Å². The lowest BCUT2D eigenvalue weighted by atomic mass is 10.1. The first-order valence-electron chi connectivity index (χ1n) is 28.1. The van der Waals surface area contributed by atoms with E-state index in [1.54, 1.807) is 0 Å². The van der Waals surface area contributed by atoms with Crippen molar-refractivity contribution in [3.05, 3.63) is 122 Å². The van der Waals surface area contributed by atoms with E-state index in [2.05, 4.69) is 142 Å². The molecule has 0 amide bonds. The number of carbonyl (C=O) groups is 2. The average molecular weight is 942 g/mol. The van der Waals surface area contributed by atoms with Gasteiger partial charge in [-0.3, -0.25) is 9.59 Å². The topological polar surface area (TPSA) is 61.8 Å². The van der Waals surface area contributed by atoms with Crippen LogP contribution in [0.15, 0.2) is 122 Å². The summed E-state index contributed by atoms with van der Waals surface area (Å²) >= 11 is 0. The minimum atomic E-state index is -0.572. The summed E-state index contributed by atoms with van der Waals surface area (Å²) in [7, 11) is 0. The second-order valence-corrected chi connectivity index (χ2v) is 18.1. The van der Waals surface area contributed by atoms with E-state index < -0.39 is 6.10 Å². The summed E-state index contributed by atoms with van der Waals surface area (Å²) in [5.74, 6) is -0.459. The van der Waals surface area contributed by atoms with Gasteiger partial charge < -0.3 is 14.2 Å². The van der Waals surface area contributed by atoms with Crippen LogP contribution in [0.4, 0.5) is 0 Å². The van der Waals surface area contributed by atoms with Gasteiger partial charge in [-0.1, -0.05) is 219 Å². The zero-order chi connectivity index (χ0) is 49.2. The molecule has 0 N–H and O–H groups in total. The maximum atomic E-state index is 12.9. The molecule has 0 aromatic carbocycles. The number of hydrogen-bond donors (Lipinski definition) is 0. The summed E-state index contributed by atoms with van der Waals surface area (Å²) in [5.41, 5.74) is 0. The quantitative estimate of drug-likeness (QED) is 0.0345. The highest BCUT2D eigenvalue weighted by Crippen LogP contribution is 2.13. The lowest BCUT2D eigenvalue weighted by Crippen LogP contribution is -2.30. The number of unbranched alkanes of at least 4 members (excludes halogenated alkanes) is 19. The Hall–Kier alpha value is -3.70. The Kier molecular flexibility index (Phi) is 54.5. The summed E-state index contributed by atoms with van der Waals surface area (Å²) < 4.78 is 17.4. The van der Waals surface area contributed by atoms with Crippen molar-refractivity contribution in [2.75, 3.05) is 19.8 Å². The summed E-state index contributed by atoms with van der Waals surface area (Å²) in [4.78, 5) is 25.5. The van der Waals surface area contributed by atoms with E-state index >= 15 is 0 Å². The monoisotopic (exact) mass is 941 g/mol. The molecule has 0 rings (SSSR count). The van der Waals surface area contributed by atoms with Crippen LogP contribution in [-0.4, -0.2) is 37.9 Å². The number of esters is 2. The fourth-order valence-electron chi connectivity index (χ4n) is 7.34. The lowest BCUT2D eigenvalue weighted by Gasteiger charge is -2.18.